The zero-order chi connectivity index (χ0) is 22.7. The van der Waals surface area contributed by atoms with Crippen LogP contribution in [0.5, 0.6) is 0 Å². The van der Waals surface area contributed by atoms with E-state index in [4.69, 9.17) is 14.9 Å². The highest BCUT2D eigenvalue weighted by molar-refractivity contribution is 5.86. The highest BCUT2D eigenvalue weighted by atomic mass is 16.5. The average Bonchev–Trinajstić information content (AvgIpc) is 3.38. The van der Waals surface area contributed by atoms with Crippen molar-refractivity contribution in [1.29, 1.82) is 0 Å². The van der Waals surface area contributed by atoms with Gasteiger partial charge in [-0.25, -0.2) is 9.59 Å². The molecule has 4 rings (SSSR count). The Bertz CT molecular complexity index is 978. The Morgan fingerprint density at radius 3 is 2.22 bits per heavy atom. The summed E-state index contributed by atoms with van der Waals surface area (Å²) in [5.74, 6) is -2.42. The van der Waals surface area contributed by atoms with E-state index in [2.05, 4.69) is 22.8 Å². The quantitative estimate of drug-likeness (QED) is 0.526. The second kappa shape index (κ2) is 9.40. The molecule has 1 fully saturated rings. The first kappa shape index (κ1) is 21.8. The standard InChI is InChI=1S/C24H26N2O6/c27-12-21(23(29)30)25-22(28)18-10-5-11-20(18)26-24(31)32-13-19-16-8-3-1-6-14(16)15-7-2-4-9-17(15)19/h1-4,6-9,18-21,27H,5,10-13H2,(H,25,28)(H,26,31)(H,29,30)/t18-,20+,21-/m1/s1. The number of aliphatic hydroxyl groups is 1. The van der Waals surface area contributed by atoms with Crippen LogP contribution in [0, 0.1) is 5.92 Å². The summed E-state index contributed by atoms with van der Waals surface area (Å²) >= 11 is 0. The molecule has 0 aliphatic heterocycles. The molecule has 2 amide bonds. The van der Waals surface area contributed by atoms with Crippen LogP contribution in [0.2, 0.25) is 0 Å². The van der Waals surface area contributed by atoms with Crippen molar-refractivity contribution in [2.24, 2.45) is 5.92 Å². The Balaban J connectivity index is 1.37. The van der Waals surface area contributed by atoms with Gasteiger partial charge in [-0.1, -0.05) is 55.0 Å². The largest absolute Gasteiger partial charge is 0.480 e. The number of aliphatic carboxylic acids is 1. The molecule has 0 saturated heterocycles. The number of carboxylic acid groups (broad SMARTS) is 1. The molecule has 0 bridgehead atoms. The minimum absolute atomic E-state index is 0.0586. The Kier molecular flexibility index (Phi) is 6.41. The molecule has 8 heteroatoms. The molecule has 2 aromatic carbocycles. The summed E-state index contributed by atoms with van der Waals surface area (Å²) in [5.41, 5.74) is 4.51. The first-order valence-corrected chi connectivity index (χ1v) is 10.7. The maximum Gasteiger partial charge on any atom is 0.407 e. The van der Waals surface area contributed by atoms with Crippen LogP contribution in [0.1, 0.15) is 36.3 Å². The van der Waals surface area contributed by atoms with E-state index in [-0.39, 0.29) is 12.5 Å². The Labute approximate surface area is 185 Å². The van der Waals surface area contributed by atoms with E-state index >= 15 is 0 Å². The number of carbonyl (C=O) groups excluding carboxylic acids is 2. The second-order valence-corrected chi connectivity index (χ2v) is 8.20. The number of nitrogens with one attached hydrogen (secondary N) is 2. The summed E-state index contributed by atoms with van der Waals surface area (Å²) < 4.78 is 5.55. The predicted molar refractivity (Wildman–Crippen MR) is 116 cm³/mol. The van der Waals surface area contributed by atoms with Crippen molar-refractivity contribution in [3.8, 4) is 11.1 Å². The lowest BCUT2D eigenvalue weighted by Crippen LogP contribution is -2.50. The third-order valence-corrected chi connectivity index (χ3v) is 6.30. The first-order chi connectivity index (χ1) is 15.5. The van der Waals surface area contributed by atoms with Crippen molar-refractivity contribution in [3.05, 3.63) is 59.7 Å². The van der Waals surface area contributed by atoms with Crippen LogP contribution >= 0.6 is 0 Å². The van der Waals surface area contributed by atoms with Crippen LogP contribution in [0.15, 0.2) is 48.5 Å². The molecule has 8 nitrogen and oxygen atoms in total. The second-order valence-electron chi connectivity index (χ2n) is 8.20. The van der Waals surface area contributed by atoms with Crippen LogP contribution in [-0.2, 0) is 14.3 Å². The number of benzene rings is 2. The predicted octanol–water partition coefficient (Wildman–Crippen LogP) is 2.26. The number of aliphatic hydroxyl groups excluding tert-OH is 1. The molecule has 0 radical (unpaired) electrons. The molecular formula is C24H26N2O6. The van der Waals surface area contributed by atoms with Gasteiger partial charge in [-0.2, -0.15) is 0 Å². The van der Waals surface area contributed by atoms with Crippen molar-refractivity contribution in [2.75, 3.05) is 13.2 Å². The third kappa shape index (κ3) is 4.31. The van der Waals surface area contributed by atoms with E-state index in [9.17, 15) is 14.4 Å². The number of ether oxygens (including phenoxy) is 1. The normalized spacial score (nSPS) is 20.2. The van der Waals surface area contributed by atoms with E-state index in [1.165, 1.54) is 0 Å². The highest BCUT2D eigenvalue weighted by Gasteiger charge is 2.36. The van der Waals surface area contributed by atoms with Crippen molar-refractivity contribution in [1.82, 2.24) is 10.6 Å². The average molecular weight is 438 g/mol. The molecule has 2 aromatic rings. The minimum Gasteiger partial charge on any atom is -0.480 e. The number of amides is 2. The first-order valence-electron chi connectivity index (χ1n) is 10.7. The van der Waals surface area contributed by atoms with Crippen LogP contribution < -0.4 is 10.6 Å². The molecule has 4 N–H and O–H groups in total. The van der Waals surface area contributed by atoms with Crippen molar-refractivity contribution < 1.29 is 29.3 Å². The lowest BCUT2D eigenvalue weighted by Gasteiger charge is -2.22. The van der Waals surface area contributed by atoms with Crippen molar-refractivity contribution in [3.63, 3.8) is 0 Å². The number of rotatable bonds is 7. The van der Waals surface area contributed by atoms with E-state index in [0.717, 1.165) is 28.7 Å². The number of fused-ring (bicyclic) bond motifs is 3. The number of carboxylic acids is 1. The molecule has 0 aromatic heterocycles. The monoisotopic (exact) mass is 438 g/mol. The molecule has 2 aliphatic rings. The topological polar surface area (TPSA) is 125 Å². The Morgan fingerprint density at radius 2 is 1.62 bits per heavy atom. The van der Waals surface area contributed by atoms with E-state index < -0.39 is 42.6 Å². The van der Waals surface area contributed by atoms with Gasteiger partial charge in [0.05, 0.1) is 12.5 Å². The molecule has 0 heterocycles. The van der Waals surface area contributed by atoms with Gasteiger partial charge in [0, 0.05) is 12.0 Å². The molecular weight excluding hydrogens is 412 g/mol. The summed E-state index contributed by atoms with van der Waals surface area (Å²) in [6, 6.07) is 14.3. The molecule has 0 unspecified atom stereocenters. The summed E-state index contributed by atoms with van der Waals surface area (Å²) in [7, 11) is 0. The van der Waals surface area contributed by atoms with Gasteiger partial charge in [-0.05, 0) is 35.1 Å². The maximum atomic E-state index is 12.5. The van der Waals surface area contributed by atoms with Crippen LogP contribution in [0.3, 0.4) is 0 Å². The SMILES string of the molecule is O=C(N[C@H]1CCC[C@H]1C(=O)N[C@H](CO)C(=O)O)OCC1c2ccccc2-c2ccccc21. The lowest BCUT2D eigenvalue weighted by atomic mass is 9.98. The van der Waals surface area contributed by atoms with Gasteiger partial charge >= 0.3 is 12.1 Å². The number of carbonyl (C=O) groups is 3. The smallest absolute Gasteiger partial charge is 0.407 e. The molecule has 2 aliphatic carbocycles. The number of alkyl carbamates (subject to hydrolysis) is 1. The van der Waals surface area contributed by atoms with Gasteiger partial charge in [0.2, 0.25) is 5.91 Å². The molecule has 32 heavy (non-hydrogen) atoms. The molecule has 1 saturated carbocycles. The van der Waals surface area contributed by atoms with Crippen LogP contribution in [-0.4, -0.2) is 53.5 Å². The summed E-state index contributed by atoms with van der Waals surface area (Å²) in [6.45, 7) is -0.521. The summed E-state index contributed by atoms with van der Waals surface area (Å²) in [4.78, 5) is 36.1. The number of hydrogen-bond acceptors (Lipinski definition) is 5. The third-order valence-electron chi connectivity index (χ3n) is 6.30. The van der Waals surface area contributed by atoms with Gasteiger partial charge in [-0.15, -0.1) is 0 Å². The minimum atomic E-state index is -1.36. The number of hydrogen-bond donors (Lipinski definition) is 4. The van der Waals surface area contributed by atoms with Gasteiger partial charge in [0.25, 0.3) is 0 Å². The summed E-state index contributed by atoms with van der Waals surface area (Å²) in [6.07, 6.45) is 1.24. The molecule has 168 valence electrons. The molecule has 3 atom stereocenters. The fraction of sp³-hybridized carbons (Fsp3) is 0.375. The fourth-order valence-electron chi connectivity index (χ4n) is 4.70. The van der Waals surface area contributed by atoms with Crippen molar-refractivity contribution in [2.45, 2.75) is 37.3 Å². The maximum absolute atomic E-state index is 12.5. The Hall–Kier alpha value is -3.39. The van der Waals surface area contributed by atoms with E-state index in [0.29, 0.717) is 12.8 Å². The molecule has 0 spiro atoms. The van der Waals surface area contributed by atoms with Crippen LogP contribution in [0.4, 0.5) is 4.79 Å². The van der Waals surface area contributed by atoms with E-state index in [1.54, 1.807) is 0 Å². The van der Waals surface area contributed by atoms with Gasteiger partial charge in [-0.3, -0.25) is 4.79 Å². The summed E-state index contributed by atoms with van der Waals surface area (Å²) in [5, 5.41) is 23.3. The van der Waals surface area contributed by atoms with Gasteiger partial charge in [0.15, 0.2) is 0 Å². The Morgan fingerprint density at radius 1 is 1.00 bits per heavy atom. The van der Waals surface area contributed by atoms with Gasteiger partial charge in [0.1, 0.15) is 12.6 Å². The van der Waals surface area contributed by atoms with Crippen LogP contribution in [0.25, 0.3) is 11.1 Å². The van der Waals surface area contributed by atoms with Gasteiger partial charge < -0.3 is 25.6 Å². The fourth-order valence-corrected chi connectivity index (χ4v) is 4.70. The highest BCUT2D eigenvalue weighted by Crippen LogP contribution is 2.44. The zero-order valence-corrected chi connectivity index (χ0v) is 17.5. The van der Waals surface area contributed by atoms with Crippen molar-refractivity contribution >= 4 is 18.0 Å². The van der Waals surface area contributed by atoms with E-state index in [1.807, 2.05) is 36.4 Å². The lowest BCUT2D eigenvalue weighted by molar-refractivity contribution is -0.143. The zero-order valence-electron chi connectivity index (χ0n) is 17.5.